The smallest absolute Gasteiger partial charge is 0.0948 e. The van der Waals surface area contributed by atoms with Gasteiger partial charge >= 0.3 is 0 Å². The second-order valence-electron chi connectivity index (χ2n) is 4.53. The van der Waals surface area contributed by atoms with Crippen molar-refractivity contribution in [2.75, 3.05) is 20.1 Å². The molecule has 3 nitrogen and oxygen atoms in total. The first-order valence-corrected chi connectivity index (χ1v) is 6.28. The van der Waals surface area contributed by atoms with Crippen LogP contribution in [-0.2, 0) is 0 Å². The van der Waals surface area contributed by atoms with E-state index >= 15 is 0 Å². The Hall–Kier alpha value is -0.120. The molecular formula is C12H29N2O+. The highest BCUT2D eigenvalue weighted by Crippen LogP contribution is 1.95. The maximum absolute atomic E-state index is 9.21. The van der Waals surface area contributed by atoms with Gasteiger partial charge < -0.3 is 5.11 Å². The Morgan fingerprint density at radius 1 is 1.27 bits per heavy atom. The molecule has 0 rings (SSSR count). The number of hydrogen-bond acceptors (Lipinski definition) is 2. The molecule has 0 aromatic carbocycles. The van der Waals surface area contributed by atoms with E-state index in [1.165, 1.54) is 11.4 Å². The lowest BCUT2D eigenvalue weighted by atomic mass is 10.2. The van der Waals surface area contributed by atoms with Crippen LogP contribution in [0.15, 0.2) is 0 Å². The molecule has 0 aromatic heterocycles. The average Bonchev–Trinajstić information content (AvgIpc) is 2.22. The fraction of sp³-hybridized carbons (Fsp3) is 1.00. The van der Waals surface area contributed by atoms with Crippen molar-refractivity contribution in [1.29, 1.82) is 0 Å². The van der Waals surface area contributed by atoms with Gasteiger partial charge in [0.2, 0.25) is 0 Å². The van der Waals surface area contributed by atoms with Gasteiger partial charge in [0.05, 0.1) is 25.2 Å². The summed E-state index contributed by atoms with van der Waals surface area (Å²) in [5.74, 6) is 0. The molecule has 0 saturated carbocycles. The second kappa shape index (κ2) is 8.08. The van der Waals surface area contributed by atoms with Crippen LogP contribution in [0.1, 0.15) is 47.0 Å². The molecule has 0 aliphatic rings. The van der Waals surface area contributed by atoms with E-state index in [0.29, 0.717) is 6.04 Å². The molecule has 0 radical (unpaired) electrons. The van der Waals surface area contributed by atoms with Crippen LogP contribution in [0, 0.1) is 0 Å². The molecule has 0 aliphatic heterocycles. The topological polar surface area (TPSA) is 27.9 Å². The number of aliphatic hydroxyl groups excluding tert-OH is 1. The van der Waals surface area contributed by atoms with Crippen molar-refractivity contribution in [1.82, 2.24) is 5.01 Å². The molecule has 0 fully saturated rings. The molecule has 0 aromatic rings. The van der Waals surface area contributed by atoms with Crippen molar-refractivity contribution in [3.05, 3.63) is 0 Å². The second-order valence-corrected chi connectivity index (χ2v) is 4.53. The Morgan fingerprint density at radius 2 is 1.87 bits per heavy atom. The first-order chi connectivity index (χ1) is 7.02. The van der Waals surface area contributed by atoms with E-state index in [2.05, 4.69) is 32.8 Å². The zero-order valence-electron chi connectivity index (χ0n) is 11.1. The minimum absolute atomic E-state index is 0.156. The zero-order chi connectivity index (χ0) is 11.8. The quantitative estimate of drug-likeness (QED) is 0.586. The monoisotopic (exact) mass is 217 g/mol. The summed E-state index contributed by atoms with van der Waals surface area (Å²) in [6.07, 6.45) is 3.05. The van der Waals surface area contributed by atoms with Crippen LogP contribution in [0.4, 0.5) is 0 Å². The number of nitrogens with one attached hydrogen (secondary N) is 1. The molecular weight excluding hydrogens is 188 g/mol. The predicted octanol–water partition coefficient (Wildman–Crippen LogP) is 0.698. The summed E-state index contributed by atoms with van der Waals surface area (Å²) in [5, 5.41) is 13.1. The number of aliphatic hydroxyl groups is 1. The van der Waals surface area contributed by atoms with Crippen LogP contribution >= 0.6 is 0 Å². The summed E-state index contributed by atoms with van der Waals surface area (Å²) in [5.41, 5.74) is 0. The third-order valence-corrected chi connectivity index (χ3v) is 3.25. The highest BCUT2D eigenvalue weighted by Gasteiger charge is 2.17. The maximum Gasteiger partial charge on any atom is 0.0948 e. The van der Waals surface area contributed by atoms with Gasteiger partial charge in [0, 0.05) is 13.5 Å². The van der Waals surface area contributed by atoms with Gasteiger partial charge in [0.1, 0.15) is 0 Å². The Kier molecular flexibility index (Phi) is 8.02. The van der Waals surface area contributed by atoms with Gasteiger partial charge in [-0.2, -0.15) is 5.01 Å². The van der Waals surface area contributed by atoms with Gasteiger partial charge in [-0.1, -0.05) is 6.92 Å². The largest absolute Gasteiger partial charge is 0.393 e. The van der Waals surface area contributed by atoms with E-state index in [0.717, 1.165) is 25.9 Å². The maximum atomic E-state index is 9.21. The van der Waals surface area contributed by atoms with Crippen molar-refractivity contribution in [3.8, 4) is 0 Å². The lowest BCUT2D eigenvalue weighted by Gasteiger charge is -2.31. The molecule has 0 spiro atoms. The molecule has 0 bridgehead atoms. The van der Waals surface area contributed by atoms with Crippen molar-refractivity contribution >= 4 is 0 Å². The number of nitrogens with zero attached hydrogens (tertiary/aromatic N) is 1. The number of rotatable bonds is 8. The van der Waals surface area contributed by atoms with Gasteiger partial charge in [-0.05, 0) is 33.6 Å². The van der Waals surface area contributed by atoms with Gasteiger partial charge in [-0.25, -0.2) is 0 Å². The van der Waals surface area contributed by atoms with E-state index < -0.39 is 0 Å². The third-order valence-electron chi connectivity index (χ3n) is 3.25. The molecule has 92 valence electrons. The molecule has 15 heavy (non-hydrogen) atoms. The highest BCUT2D eigenvalue weighted by molar-refractivity contribution is 4.51. The molecule has 0 aliphatic carbocycles. The molecule has 3 heteroatoms. The normalized spacial score (nSPS) is 17.8. The van der Waals surface area contributed by atoms with E-state index in [1.807, 2.05) is 6.92 Å². The molecule has 3 unspecified atom stereocenters. The van der Waals surface area contributed by atoms with Crippen LogP contribution in [0.3, 0.4) is 0 Å². The minimum atomic E-state index is -0.156. The van der Waals surface area contributed by atoms with E-state index in [9.17, 15) is 5.11 Å². The highest BCUT2D eigenvalue weighted by atomic mass is 16.3. The Balaban J connectivity index is 3.90. The number of hydrogen-bond donors (Lipinski definition) is 2. The summed E-state index contributed by atoms with van der Waals surface area (Å²) in [4.78, 5) is 0. The van der Waals surface area contributed by atoms with Crippen molar-refractivity contribution in [2.24, 2.45) is 0 Å². The lowest BCUT2D eigenvalue weighted by molar-refractivity contribution is -1.02. The van der Waals surface area contributed by atoms with Crippen LogP contribution in [0.2, 0.25) is 0 Å². The SMILES string of the molecule is CCC(C)N(C)[NH+](CC)CCCC(C)O. The first-order valence-electron chi connectivity index (χ1n) is 6.28. The van der Waals surface area contributed by atoms with Crippen LogP contribution < -0.4 is 5.01 Å². The minimum Gasteiger partial charge on any atom is -0.393 e. The predicted molar refractivity (Wildman–Crippen MR) is 64.8 cm³/mol. The van der Waals surface area contributed by atoms with Crippen LogP contribution in [-0.4, -0.2) is 42.4 Å². The van der Waals surface area contributed by atoms with Crippen molar-refractivity contribution in [2.45, 2.75) is 59.1 Å². The molecule has 0 saturated heterocycles. The molecule has 0 amide bonds. The summed E-state index contributed by atoms with van der Waals surface area (Å²) in [7, 11) is 2.19. The summed E-state index contributed by atoms with van der Waals surface area (Å²) >= 11 is 0. The standard InChI is InChI=1S/C12H28N2O/c1-6-11(3)13(5)14(7-2)10-8-9-12(4)15/h11-12,15H,6-10H2,1-5H3/p+1. The molecule has 0 heterocycles. The van der Waals surface area contributed by atoms with Gasteiger partial charge in [-0.15, -0.1) is 0 Å². The van der Waals surface area contributed by atoms with Gasteiger partial charge in [0.15, 0.2) is 0 Å². The Labute approximate surface area is 95.0 Å². The lowest BCUT2D eigenvalue weighted by Crippen LogP contribution is -3.18. The van der Waals surface area contributed by atoms with Crippen molar-refractivity contribution in [3.63, 3.8) is 0 Å². The zero-order valence-corrected chi connectivity index (χ0v) is 11.1. The number of quaternary nitrogens is 1. The first kappa shape index (κ1) is 14.9. The van der Waals surface area contributed by atoms with Crippen molar-refractivity contribution < 1.29 is 10.1 Å². The molecule has 3 atom stereocenters. The third kappa shape index (κ3) is 6.13. The van der Waals surface area contributed by atoms with Gasteiger partial charge in [0.25, 0.3) is 0 Å². The van der Waals surface area contributed by atoms with E-state index in [1.54, 1.807) is 0 Å². The fourth-order valence-corrected chi connectivity index (χ4v) is 1.79. The average molecular weight is 217 g/mol. The summed E-state index contributed by atoms with van der Waals surface area (Å²) in [6, 6.07) is 0.631. The Bertz CT molecular complexity index is 151. The molecule has 2 N–H and O–H groups in total. The van der Waals surface area contributed by atoms with Crippen LogP contribution in [0.5, 0.6) is 0 Å². The summed E-state index contributed by atoms with van der Waals surface area (Å²) in [6.45, 7) is 10.8. The van der Waals surface area contributed by atoms with Crippen LogP contribution in [0.25, 0.3) is 0 Å². The summed E-state index contributed by atoms with van der Waals surface area (Å²) < 4.78 is 0. The van der Waals surface area contributed by atoms with Gasteiger partial charge in [-0.3, -0.25) is 5.01 Å². The fourth-order valence-electron chi connectivity index (χ4n) is 1.79. The Morgan fingerprint density at radius 3 is 2.27 bits per heavy atom. The van der Waals surface area contributed by atoms with E-state index in [-0.39, 0.29) is 6.10 Å². The van der Waals surface area contributed by atoms with E-state index in [4.69, 9.17) is 0 Å².